The van der Waals surface area contributed by atoms with Gasteiger partial charge in [-0.15, -0.1) is 0 Å². The third kappa shape index (κ3) is 5.93. The van der Waals surface area contributed by atoms with Crippen LogP contribution in [0.2, 0.25) is 0 Å². The van der Waals surface area contributed by atoms with Gasteiger partial charge in [-0.1, -0.05) is 25.5 Å². The number of amides is 2. The zero-order chi connectivity index (χ0) is 15.0. The number of aliphatic hydroxyl groups excluding tert-OH is 1. The quantitative estimate of drug-likeness (QED) is 0.669. The molecule has 1 aromatic rings. The Bertz CT molecular complexity index is 416. The molecule has 0 aliphatic heterocycles. The first kappa shape index (κ1) is 16.3. The minimum atomic E-state index is -0.647. The number of carbonyl (C=O) groups excluding carboxylic acids is 1. The topological polar surface area (TPSA) is 70.6 Å². The van der Waals surface area contributed by atoms with Crippen molar-refractivity contribution < 1.29 is 14.6 Å². The predicted molar refractivity (Wildman–Crippen MR) is 78.8 cm³/mol. The van der Waals surface area contributed by atoms with Gasteiger partial charge in [0, 0.05) is 0 Å². The first-order valence-electron chi connectivity index (χ1n) is 6.85. The third-order valence-electron chi connectivity index (χ3n) is 2.78. The smallest absolute Gasteiger partial charge is 0.317 e. The van der Waals surface area contributed by atoms with Crippen LogP contribution in [0.3, 0.4) is 0 Å². The highest BCUT2D eigenvalue weighted by molar-refractivity contribution is 5.74. The Labute approximate surface area is 120 Å². The molecule has 0 saturated heterocycles. The Hall–Kier alpha value is -1.75. The average Bonchev–Trinajstić information content (AvgIpc) is 2.40. The molecule has 0 atom stereocenters. The van der Waals surface area contributed by atoms with Crippen LogP contribution in [0.5, 0.6) is 5.75 Å². The number of aryl methyl sites for hydroxylation is 1. The largest absolute Gasteiger partial charge is 0.473 e. The zero-order valence-electron chi connectivity index (χ0n) is 12.4. The molecule has 0 aromatic heterocycles. The molecule has 112 valence electrons. The lowest BCUT2D eigenvalue weighted by atomic mass is 10.1. The number of benzene rings is 1. The van der Waals surface area contributed by atoms with Crippen molar-refractivity contribution in [2.75, 3.05) is 13.3 Å². The molecule has 0 aliphatic carbocycles. The van der Waals surface area contributed by atoms with E-state index in [0.29, 0.717) is 5.75 Å². The van der Waals surface area contributed by atoms with Crippen LogP contribution in [0.15, 0.2) is 24.3 Å². The number of hydrogen-bond donors (Lipinski definition) is 3. The van der Waals surface area contributed by atoms with Gasteiger partial charge in [-0.05, 0) is 38.0 Å². The first-order chi connectivity index (χ1) is 9.46. The van der Waals surface area contributed by atoms with Crippen LogP contribution in [-0.4, -0.2) is 30.0 Å². The summed E-state index contributed by atoms with van der Waals surface area (Å²) in [5.74, 6) is 0.714. The minimum absolute atomic E-state index is 0.0838. The molecular weight excluding hydrogens is 256 g/mol. The van der Waals surface area contributed by atoms with Crippen molar-refractivity contribution in [3.05, 3.63) is 29.8 Å². The zero-order valence-corrected chi connectivity index (χ0v) is 12.4. The standard InChI is InChI=1S/C15H24N2O3/c1-4-5-12-6-8-13(9-7-12)20-11-16-14(19)17-15(2,3)10-18/h6-9,18H,4-5,10-11H2,1-3H3,(H2,16,17,19). The highest BCUT2D eigenvalue weighted by Crippen LogP contribution is 2.12. The Kier molecular flexibility index (Phi) is 6.31. The lowest BCUT2D eigenvalue weighted by molar-refractivity contribution is 0.176. The molecule has 0 aliphatic rings. The molecule has 5 heteroatoms. The molecule has 1 aromatic carbocycles. The molecule has 20 heavy (non-hydrogen) atoms. The van der Waals surface area contributed by atoms with E-state index in [0.717, 1.165) is 12.8 Å². The van der Waals surface area contributed by atoms with Gasteiger partial charge in [-0.3, -0.25) is 0 Å². The number of ether oxygens (including phenoxy) is 1. The monoisotopic (exact) mass is 280 g/mol. The van der Waals surface area contributed by atoms with Gasteiger partial charge >= 0.3 is 6.03 Å². The molecule has 0 radical (unpaired) electrons. The van der Waals surface area contributed by atoms with Gasteiger partial charge in [-0.25, -0.2) is 4.79 Å². The molecule has 0 bridgehead atoms. The van der Waals surface area contributed by atoms with Crippen molar-refractivity contribution in [1.82, 2.24) is 10.6 Å². The summed E-state index contributed by atoms with van der Waals surface area (Å²) in [5.41, 5.74) is 0.626. The fraction of sp³-hybridized carbons (Fsp3) is 0.533. The highest BCUT2D eigenvalue weighted by Gasteiger charge is 2.18. The minimum Gasteiger partial charge on any atom is -0.473 e. The molecule has 0 heterocycles. The number of hydrogen-bond acceptors (Lipinski definition) is 3. The Morgan fingerprint density at radius 1 is 1.30 bits per heavy atom. The fourth-order valence-corrected chi connectivity index (χ4v) is 1.62. The van der Waals surface area contributed by atoms with E-state index in [1.165, 1.54) is 5.56 Å². The van der Waals surface area contributed by atoms with E-state index in [-0.39, 0.29) is 19.4 Å². The van der Waals surface area contributed by atoms with E-state index in [1.54, 1.807) is 13.8 Å². The fourth-order valence-electron chi connectivity index (χ4n) is 1.62. The SMILES string of the molecule is CCCc1ccc(OCNC(=O)NC(C)(C)CO)cc1. The van der Waals surface area contributed by atoms with Crippen molar-refractivity contribution in [3.8, 4) is 5.75 Å². The summed E-state index contributed by atoms with van der Waals surface area (Å²) in [5, 5.41) is 14.3. The van der Waals surface area contributed by atoms with Crippen LogP contribution in [0, 0.1) is 0 Å². The third-order valence-corrected chi connectivity index (χ3v) is 2.78. The second-order valence-corrected chi connectivity index (χ2v) is 5.36. The van der Waals surface area contributed by atoms with Crippen LogP contribution >= 0.6 is 0 Å². The molecule has 2 amide bonds. The Balaban J connectivity index is 2.31. The summed E-state index contributed by atoms with van der Waals surface area (Å²) in [6.45, 7) is 5.57. The summed E-state index contributed by atoms with van der Waals surface area (Å²) in [6, 6.07) is 7.46. The number of aliphatic hydroxyl groups is 1. The van der Waals surface area contributed by atoms with Crippen molar-refractivity contribution in [3.63, 3.8) is 0 Å². The van der Waals surface area contributed by atoms with Gasteiger partial charge < -0.3 is 20.5 Å². The molecule has 0 saturated carbocycles. The Morgan fingerprint density at radius 3 is 2.50 bits per heavy atom. The van der Waals surface area contributed by atoms with Crippen LogP contribution < -0.4 is 15.4 Å². The van der Waals surface area contributed by atoms with E-state index < -0.39 is 5.54 Å². The maximum Gasteiger partial charge on any atom is 0.317 e. The summed E-state index contributed by atoms with van der Waals surface area (Å²) < 4.78 is 5.42. The summed E-state index contributed by atoms with van der Waals surface area (Å²) in [7, 11) is 0. The van der Waals surface area contributed by atoms with Crippen molar-refractivity contribution in [1.29, 1.82) is 0 Å². The van der Waals surface area contributed by atoms with Gasteiger partial charge in [-0.2, -0.15) is 0 Å². The van der Waals surface area contributed by atoms with Crippen molar-refractivity contribution >= 4 is 6.03 Å². The number of rotatable bonds is 7. The molecule has 0 spiro atoms. The Morgan fingerprint density at radius 2 is 1.95 bits per heavy atom. The van der Waals surface area contributed by atoms with E-state index in [1.807, 2.05) is 24.3 Å². The molecule has 5 nitrogen and oxygen atoms in total. The van der Waals surface area contributed by atoms with Crippen LogP contribution in [-0.2, 0) is 6.42 Å². The lowest BCUT2D eigenvalue weighted by Gasteiger charge is -2.23. The molecule has 1 rings (SSSR count). The number of carbonyl (C=O) groups is 1. The summed E-state index contributed by atoms with van der Waals surface area (Å²) in [4.78, 5) is 11.5. The van der Waals surface area contributed by atoms with Gasteiger partial charge in [0.15, 0.2) is 6.73 Å². The molecule has 0 unspecified atom stereocenters. The van der Waals surface area contributed by atoms with Gasteiger partial charge in [0.25, 0.3) is 0 Å². The van der Waals surface area contributed by atoms with Gasteiger partial charge in [0.05, 0.1) is 12.1 Å². The second kappa shape index (κ2) is 7.75. The summed E-state index contributed by atoms with van der Waals surface area (Å²) >= 11 is 0. The van der Waals surface area contributed by atoms with E-state index in [2.05, 4.69) is 17.6 Å². The van der Waals surface area contributed by atoms with Gasteiger partial charge in [0.2, 0.25) is 0 Å². The predicted octanol–water partition coefficient (Wildman–Crippen LogP) is 2.05. The van der Waals surface area contributed by atoms with Crippen molar-refractivity contribution in [2.45, 2.75) is 39.2 Å². The lowest BCUT2D eigenvalue weighted by Crippen LogP contribution is -2.51. The average molecular weight is 280 g/mol. The second-order valence-electron chi connectivity index (χ2n) is 5.36. The van der Waals surface area contributed by atoms with E-state index >= 15 is 0 Å². The van der Waals surface area contributed by atoms with E-state index in [9.17, 15) is 4.79 Å². The summed E-state index contributed by atoms with van der Waals surface area (Å²) in [6.07, 6.45) is 2.17. The normalized spacial score (nSPS) is 11.0. The maximum atomic E-state index is 11.5. The molecular formula is C15H24N2O3. The van der Waals surface area contributed by atoms with Crippen LogP contribution in [0.1, 0.15) is 32.8 Å². The van der Waals surface area contributed by atoms with Crippen LogP contribution in [0.25, 0.3) is 0 Å². The highest BCUT2D eigenvalue weighted by atomic mass is 16.5. The number of urea groups is 1. The molecule has 3 N–H and O–H groups in total. The number of nitrogens with one attached hydrogen (secondary N) is 2. The maximum absolute atomic E-state index is 11.5. The van der Waals surface area contributed by atoms with Crippen LogP contribution in [0.4, 0.5) is 4.79 Å². The first-order valence-corrected chi connectivity index (χ1v) is 6.85. The van der Waals surface area contributed by atoms with Gasteiger partial charge in [0.1, 0.15) is 5.75 Å². The molecule has 0 fully saturated rings. The van der Waals surface area contributed by atoms with Crippen molar-refractivity contribution in [2.24, 2.45) is 0 Å². The van der Waals surface area contributed by atoms with E-state index in [4.69, 9.17) is 9.84 Å².